The highest BCUT2D eigenvalue weighted by molar-refractivity contribution is 5.80. The van der Waals surface area contributed by atoms with E-state index in [4.69, 9.17) is 6.57 Å². The second-order valence-corrected chi connectivity index (χ2v) is 3.46. The maximum atomic E-state index is 11.5. The molecule has 1 saturated heterocycles. The quantitative estimate of drug-likeness (QED) is 0.593. The molecule has 0 aliphatic carbocycles. The molecule has 1 fully saturated rings. The minimum Gasteiger partial charge on any atom is -0.333 e. The van der Waals surface area contributed by atoms with Gasteiger partial charge < -0.3 is 9.74 Å². The van der Waals surface area contributed by atoms with Gasteiger partial charge in [0.25, 0.3) is 6.54 Å². The van der Waals surface area contributed by atoms with Gasteiger partial charge in [0.15, 0.2) is 0 Å². The van der Waals surface area contributed by atoms with Gasteiger partial charge in [-0.15, -0.1) is 0 Å². The van der Waals surface area contributed by atoms with Gasteiger partial charge in [-0.1, -0.05) is 6.92 Å². The Morgan fingerprint density at radius 1 is 1.62 bits per heavy atom. The number of piperidine rings is 1. The molecular weight excluding hydrogens is 164 g/mol. The fraction of sp³-hybridized carbons (Fsp3) is 0.800. The van der Waals surface area contributed by atoms with E-state index in [1.807, 2.05) is 4.90 Å². The summed E-state index contributed by atoms with van der Waals surface area (Å²) in [5, 5.41) is 0. The summed E-state index contributed by atoms with van der Waals surface area (Å²) in [7, 11) is 0. The van der Waals surface area contributed by atoms with Gasteiger partial charge in [-0.2, -0.15) is 0 Å². The summed E-state index contributed by atoms with van der Waals surface area (Å²) in [6, 6.07) is 0.392. The van der Waals surface area contributed by atoms with E-state index in [2.05, 4.69) is 11.8 Å². The second kappa shape index (κ2) is 4.86. The van der Waals surface area contributed by atoms with Gasteiger partial charge in [-0.25, -0.2) is 6.57 Å². The number of hydrogen-bond acceptors (Lipinski definition) is 1. The van der Waals surface area contributed by atoms with E-state index in [9.17, 15) is 4.79 Å². The first-order valence-corrected chi connectivity index (χ1v) is 4.92. The van der Waals surface area contributed by atoms with E-state index in [0.717, 1.165) is 25.8 Å². The molecular formula is C10H16N2O. The molecule has 0 aromatic carbocycles. The Labute approximate surface area is 79.5 Å². The summed E-state index contributed by atoms with van der Waals surface area (Å²) in [5.41, 5.74) is 0. The monoisotopic (exact) mass is 180 g/mol. The van der Waals surface area contributed by atoms with Crippen molar-refractivity contribution in [2.75, 3.05) is 13.1 Å². The van der Waals surface area contributed by atoms with Crippen molar-refractivity contribution in [3.05, 3.63) is 11.4 Å². The first-order chi connectivity index (χ1) is 6.29. The third-order valence-corrected chi connectivity index (χ3v) is 2.63. The van der Waals surface area contributed by atoms with Gasteiger partial charge in [-0.05, 0) is 25.7 Å². The molecule has 3 heteroatoms. The number of carbonyl (C=O) groups is 1. The molecule has 1 atom stereocenters. The number of hydrogen-bond donors (Lipinski definition) is 0. The van der Waals surface area contributed by atoms with E-state index >= 15 is 0 Å². The zero-order valence-corrected chi connectivity index (χ0v) is 8.12. The lowest BCUT2D eigenvalue weighted by molar-refractivity contribution is -0.132. The predicted molar refractivity (Wildman–Crippen MR) is 51.1 cm³/mol. The van der Waals surface area contributed by atoms with Crippen molar-refractivity contribution in [3.63, 3.8) is 0 Å². The Morgan fingerprint density at radius 3 is 3.00 bits per heavy atom. The van der Waals surface area contributed by atoms with Crippen molar-refractivity contribution in [2.45, 2.75) is 38.6 Å². The standard InChI is InChI=1S/C10H16N2O/c1-3-9-6-4-5-7-12(9)10(13)8-11-2/h9H,3-8H2,1H3. The maximum absolute atomic E-state index is 11.5. The number of rotatable bonds is 2. The van der Waals surface area contributed by atoms with Crippen molar-refractivity contribution in [3.8, 4) is 0 Å². The normalized spacial score (nSPS) is 22.5. The van der Waals surface area contributed by atoms with Crippen LogP contribution in [0.25, 0.3) is 4.85 Å². The fourth-order valence-electron chi connectivity index (χ4n) is 1.91. The van der Waals surface area contributed by atoms with Crippen LogP contribution >= 0.6 is 0 Å². The third-order valence-electron chi connectivity index (χ3n) is 2.63. The largest absolute Gasteiger partial charge is 0.333 e. The Bertz CT molecular complexity index is 219. The number of carbonyl (C=O) groups excluding carboxylic acids is 1. The minimum atomic E-state index is 0.0153. The van der Waals surface area contributed by atoms with Gasteiger partial charge in [0.2, 0.25) is 0 Å². The van der Waals surface area contributed by atoms with Crippen LogP contribution in [-0.4, -0.2) is 29.9 Å². The van der Waals surface area contributed by atoms with Crippen LogP contribution in [0.1, 0.15) is 32.6 Å². The smallest absolute Gasteiger partial charge is 0.302 e. The molecule has 1 aliphatic rings. The van der Waals surface area contributed by atoms with Crippen molar-refractivity contribution in [1.82, 2.24) is 4.90 Å². The van der Waals surface area contributed by atoms with E-state index in [1.54, 1.807) is 0 Å². The predicted octanol–water partition coefficient (Wildman–Crippen LogP) is 1.70. The number of nitrogens with zero attached hydrogens (tertiary/aromatic N) is 2. The van der Waals surface area contributed by atoms with Crippen molar-refractivity contribution in [2.24, 2.45) is 0 Å². The fourth-order valence-corrected chi connectivity index (χ4v) is 1.91. The van der Waals surface area contributed by atoms with Crippen molar-refractivity contribution >= 4 is 5.91 Å². The molecule has 1 aliphatic heterocycles. The minimum absolute atomic E-state index is 0.0153. The molecule has 1 heterocycles. The van der Waals surface area contributed by atoms with Crippen LogP contribution in [-0.2, 0) is 4.79 Å². The molecule has 1 rings (SSSR count). The highest BCUT2D eigenvalue weighted by atomic mass is 16.2. The summed E-state index contributed by atoms with van der Waals surface area (Å²) in [4.78, 5) is 16.5. The van der Waals surface area contributed by atoms with Crippen molar-refractivity contribution < 1.29 is 4.79 Å². The van der Waals surface area contributed by atoms with Crippen LogP contribution in [0, 0.1) is 6.57 Å². The molecule has 3 nitrogen and oxygen atoms in total. The van der Waals surface area contributed by atoms with Gasteiger partial charge in [0.1, 0.15) is 0 Å². The summed E-state index contributed by atoms with van der Waals surface area (Å²) >= 11 is 0. The highest BCUT2D eigenvalue weighted by Gasteiger charge is 2.26. The van der Waals surface area contributed by atoms with Gasteiger partial charge in [-0.3, -0.25) is 4.79 Å². The lowest BCUT2D eigenvalue weighted by Crippen LogP contribution is -2.44. The zero-order chi connectivity index (χ0) is 9.68. The molecule has 72 valence electrons. The molecule has 0 radical (unpaired) electrons. The Hall–Kier alpha value is -1.04. The number of amides is 1. The molecule has 1 unspecified atom stereocenters. The van der Waals surface area contributed by atoms with Crippen LogP contribution < -0.4 is 0 Å². The first-order valence-electron chi connectivity index (χ1n) is 4.92. The number of likely N-dealkylation sites (tertiary alicyclic amines) is 1. The van der Waals surface area contributed by atoms with Crippen LogP contribution in [0.4, 0.5) is 0 Å². The first kappa shape index (κ1) is 10.0. The molecule has 0 aromatic rings. The lowest BCUT2D eigenvalue weighted by atomic mass is 10.00. The Kier molecular flexibility index (Phi) is 3.75. The molecule has 1 amide bonds. The highest BCUT2D eigenvalue weighted by Crippen LogP contribution is 2.19. The summed E-state index contributed by atoms with van der Waals surface area (Å²) in [6.07, 6.45) is 4.45. The summed E-state index contributed by atoms with van der Waals surface area (Å²) in [5.74, 6) is 0.0153. The van der Waals surface area contributed by atoms with E-state index in [-0.39, 0.29) is 12.5 Å². The average Bonchev–Trinajstić information content (AvgIpc) is 2.18. The topological polar surface area (TPSA) is 24.7 Å². The van der Waals surface area contributed by atoms with Gasteiger partial charge >= 0.3 is 5.91 Å². The van der Waals surface area contributed by atoms with E-state index in [1.165, 1.54) is 6.42 Å². The SMILES string of the molecule is [C-]#[N+]CC(=O)N1CCCCC1CC. The molecule has 0 spiro atoms. The van der Waals surface area contributed by atoms with Crippen LogP contribution in [0.3, 0.4) is 0 Å². The maximum Gasteiger partial charge on any atom is 0.302 e. The lowest BCUT2D eigenvalue weighted by Gasteiger charge is -2.33. The molecule has 13 heavy (non-hydrogen) atoms. The van der Waals surface area contributed by atoms with Crippen molar-refractivity contribution in [1.29, 1.82) is 0 Å². The van der Waals surface area contributed by atoms with Gasteiger partial charge in [0.05, 0.1) is 0 Å². The molecule has 0 bridgehead atoms. The molecule has 0 aromatic heterocycles. The van der Waals surface area contributed by atoms with E-state index in [0.29, 0.717) is 6.04 Å². The van der Waals surface area contributed by atoms with Crippen LogP contribution in [0.2, 0.25) is 0 Å². The van der Waals surface area contributed by atoms with Crippen LogP contribution in [0.15, 0.2) is 0 Å². The Morgan fingerprint density at radius 2 is 2.38 bits per heavy atom. The third kappa shape index (κ3) is 2.45. The van der Waals surface area contributed by atoms with Gasteiger partial charge in [0, 0.05) is 12.6 Å². The van der Waals surface area contributed by atoms with Crippen LogP contribution in [0.5, 0.6) is 0 Å². The van der Waals surface area contributed by atoms with E-state index < -0.39 is 0 Å². The zero-order valence-electron chi connectivity index (χ0n) is 8.12. The molecule has 0 N–H and O–H groups in total. The average molecular weight is 180 g/mol. The summed E-state index contributed by atoms with van der Waals surface area (Å²) < 4.78 is 0. The second-order valence-electron chi connectivity index (χ2n) is 3.46. The Balaban J connectivity index is 2.54. The summed E-state index contributed by atoms with van der Waals surface area (Å²) in [6.45, 7) is 9.64. The molecule has 0 saturated carbocycles.